The van der Waals surface area contributed by atoms with Crippen molar-refractivity contribution >= 4 is 0 Å². The number of unbranched alkanes of at least 4 members (excludes halogenated alkanes) is 4. The molecule has 0 spiro atoms. The molecule has 0 aliphatic carbocycles. The van der Waals surface area contributed by atoms with E-state index in [4.69, 9.17) is 0 Å². The summed E-state index contributed by atoms with van der Waals surface area (Å²) in [7, 11) is 0. The van der Waals surface area contributed by atoms with Gasteiger partial charge in [-0.25, -0.2) is 0 Å². The lowest BCUT2D eigenvalue weighted by atomic mass is 10.0. The van der Waals surface area contributed by atoms with E-state index in [2.05, 4.69) is 33.0 Å². The third kappa shape index (κ3) is 10.2. The number of nitrogens with one attached hydrogen (secondary N) is 1. The first-order valence-corrected chi connectivity index (χ1v) is 6.94. The maximum absolute atomic E-state index is 3.62. The molecule has 0 radical (unpaired) electrons. The van der Waals surface area contributed by atoms with E-state index in [0.717, 1.165) is 5.92 Å². The van der Waals surface area contributed by atoms with Crippen LogP contribution in [-0.2, 0) is 0 Å². The van der Waals surface area contributed by atoms with Gasteiger partial charge in [-0.1, -0.05) is 52.9 Å². The zero-order chi connectivity index (χ0) is 11.5. The molecule has 1 nitrogen and oxygen atoms in total. The summed E-state index contributed by atoms with van der Waals surface area (Å²) in [6, 6.07) is 0.700. The molecule has 0 saturated carbocycles. The highest BCUT2D eigenvalue weighted by molar-refractivity contribution is 4.64. The summed E-state index contributed by atoms with van der Waals surface area (Å²) >= 11 is 0. The van der Waals surface area contributed by atoms with Gasteiger partial charge in [0, 0.05) is 6.04 Å². The molecule has 0 amide bonds. The fraction of sp³-hybridized carbons (Fsp3) is 1.00. The van der Waals surface area contributed by atoms with E-state index in [1.807, 2.05) is 0 Å². The van der Waals surface area contributed by atoms with Gasteiger partial charge in [0.1, 0.15) is 0 Å². The van der Waals surface area contributed by atoms with Crippen molar-refractivity contribution < 1.29 is 0 Å². The van der Waals surface area contributed by atoms with Crippen molar-refractivity contribution in [3.63, 3.8) is 0 Å². The van der Waals surface area contributed by atoms with Crippen LogP contribution < -0.4 is 5.32 Å². The van der Waals surface area contributed by atoms with Crippen molar-refractivity contribution in [1.82, 2.24) is 5.32 Å². The zero-order valence-electron chi connectivity index (χ0n) is 11.3. The summed E-state index contributed by atoms with van der Waals surface area (Å²) in [5.74, 6) is 0.868. The highest BCUT2D eigenvalue weighted by Gasteiger charge is 2.05. The lowest BCUT2D eigenvalue weighted by Gasteiger charge is -2.17. The van der Waals surface area contributed by atoms with Crippen LogP contribution in [0.4, 0.5) is 0 Å². The van der Waals surface area contributed by atoms with Crippen molar-refractivity contribution in [2.75, 3.05) is 6.54 Å². The van der Waals surface area contributed by atoms with Gasteiger partial charge >= 0.3 is 0 Å². The molecule has 0 aliphatic heterocycles. The van der Waals surface area contributed by atoms with Crippen molar-refractivity contribution in [3.8, 4) is 0 Å². The van der Waals surface area contributed by atoms with Crippen molar-refractivity contribution in [2.24, 2.45) is 5.92 Å². The third-order valence-electron chi connectivity index (χ3n) is 3.23. The molecular weight excluding hydrogens is 182 g/mol. The lowest BCUT2D eigenvalue weighted by molar-refractivity contribution is 0.408. The molecule has 0 saturated heterocycles. The topological polar surface area (TPSA) is 12.0 Å². The van der Waals surface area contributed by atoms with Gasteiger partial charge in [-0.05, 0) is 32.2 Å². The molecule has 15 heavy (non-hydrogen) atoms. The monoisotopic (exact) mass is 213 g/mol. The van der Waals surface area contributed by atoms with Gasteiger partial charge in [0.2, 0.25) is 0 Å². The molecule has 2 unspecified atom stereocenters. The fourth-order valence-electron chi connectivity index (χ4n) is 1.93. The normalized spacial score (nSPS) is 15.2. The van der Waals surface area contributed by atoms with Gasteiger partial charge in [-0.3, -0.25) is 0 Å². The smallest absolute Gasteiger partial charge is 0.00412 e. The first-order valence-electron chi connectivity index (χ1n) is 6.94. The van der Waals surface area contributed by atoms with Crippen LogP contribution in [0.25, 0.3) is 0 Å². The minimum Gasteiger partial charge on any atom is -0.314 e. The van der Waals surface area contributed by atoms with Gasteiger partial charge in [0.05, 0.1) is 0 Å². The van der Waals surface area contributed by atoms with Gasteiger partial charge in [-0.15, -0.1) is 0 Å². The Balaban J connectivity index is 3.20. The lowest BCUT2D eigenvalue weighted by Crippen LogP contribution is -2.28. The third-order valence-corrected chi connectivity index (χ3v) is 3.23. The van der Waals surface area contributed by atoms with E-state index in [0.29, 0.717) is 6.04 Å². The van der Waals surface area contributed by atoms with Crippen LogP contribution in [0, 0.1) is 5.92 Å². The van der Waals surface area contributed by atoms with Crippen molar-refractivity contribution in [2.45, 2.75) is 78.7 Å². The van der Waals surface area contributed by atoms with Crippen LogP contribution in [0.1, 0.15) is 72.6 Å². The van der Waals surface area contributed by atoms with Crippen molar-refractivity contribution in [3.05, 3.63) is 0 Å². The predicted octanol–water partition coefficient (Wildman–Crippen LogP) is 4.37. The molecule has 0 fully saturated rings. The van der Waals surface area contributed by atoms with E-state index in [1.54, 1.807) is 0 Å². The Morgan fingerprint density at radius 3 is 2.20 bits per heavy atom. The molecule has 1 heteroatoms. The summed E-state index contributed by atoms with van der Waals surface area (Å²) in [5, 5.41) is 3.62. The van der Waals surface area contributed by atoms with Crippen LogP contribution >= 0.6 is 0 Å². The second-order valence-corrected chi connectivity index (χ2v) is 5.02. The van der Waals surface area contributed by atoms with E-state index in [-0.39, 0.29) is 0 Å². The van der Waals surface area contributed by atoms with E-state index in [1.165, 1.54) is 51.5 Å². The number of hydrogen-bond donors (Lipinski definition) is 1. The Kier molecular flexibility index (Phi) is 10.4. The molecule has 0 bridgehead atoms. The molecule has 0 aromatic heterocycles. The van der Waals surface area contributed by atoms with Gasteiger partial charge in [0.15, 0.2) is 0 Å². The largest absolute Gasteiger partial charge is 0.314 e. The van der Waals surface area contributed by atoms with E-state index in [9.17, 15) is 0 Å². The standard InChI is InChI=1S/C14H31N/c1-5-7-8-9-10-11-15-14(4)12-13(3)6-2/h13-15H,5-12H2,1-4H3. The average molecular weight is 213 g/mol. The molecule has 0 rings (SSSR count). The average Bonchev–Trinajstić information content (AvgIpc) is 2.23. The molecule has 92 valence electrons. The Bertz CT molecular complexity index is 123. The van der Waals surface area contributed by atoms with Gasteiger partial charge in [-0.2, -0.15) is 0 Å². The summed E-state index contributed by atoms with van der Waals surface area (Å²) in [5.41, 5.74) is 0. The minimum atomic E-state index is 0.700. The molecule has 0 aliphatic rings. The Morgan fingerprint density at radius 1 is 0.933 bits per heavy atom. The molecular formula is C14H31N. The predicted molar refractivity (Wildman–Crippen MR) is 70.3 cm³/mol. The molecule has 1 N–H and O–H groups in total. The Morgan fingerprint density at radius 2 is 1.60 bits per heavy atom. The van der Waals surface area contributed by atoms with Gasteiger partial charge < -0.3 is 5.32 Å². The Labute approximate surface area is 97.0 Å². The summed E-state index contributed by atoms with van der Waals surface area (Å²) < 4.78 is 0. The van der Waals surface area contributed by atoms with Gasteiger partial charge in [0.25, 0.3) is 0 Å². The summed E-state index contributed by atoms with van der Waals surface area (Å²) in [6.45, 7) is 10.4. The van der Waals surface area contributed by atoms with Crippen LogP contribution in [0.15, 0.2) is 0 Å². The second-order valence-electron chi connectivity index (χ2n) is 5.02. The maximum Gasteiger partial charge on any atom is 0.00412 e. The maximum atomic E-state index is 3.62. The zero-order valence-corrected chi connectivity index (χ0v) is 11.3. The second kappa shape index (κ2) is 10.5. The fourth-order valence-corrected chi connectivity index (χ4v) is 1.93. The van der Waals surface area contributed by atoms with Crippen LogP contribution in [-0.4, -0.2) is 12.6 Å². The minimum absolute atomic E-state index is 0.700. The summed E-state index contributed by atoms with van der Waals surface area (Å²) in [6.07, 6.45) is 9.55. The number of rotatable bonds is 10. The molecule has 0 aromatic carbocycles. The molecule has 0 heterocycles. The SMILES string of the molecule is CCCCCCCNC(C)CC(C)CC. The van der Waals surface area contributed by atoms with Crippen LogP contribution in [0.3, 0.4) is 0 Å². The molecule has 2 atom stereocenters. The first-order chi connectivity index (χ1) is 7.20. The van der Waals surface area contributed by atoms with E-state index < -0.39 is 0 Å². The quantitative estimate of drug-likeness (QED) is 0.531. The first kappa shape index (κ1) is 15.0. The highest BCUT2D eigenvalue weighted by Crippen LogP contribution is 2.09. The van der Waals surface area contributed by atoms with Crippen molar-refractivity contribution in [1.29, 1.82) is 0 Å². The highest BCUT2D eigenvalue weighted by atomic mass is 14.9. The van der Waals surface area contributed by atoms with Crippen LogP contribution in [0.5, 0.6) is 0 Å². The van der Waals surface area contributed by atoms with E-state index >= 15 is 0 Å². The van der Waals surface area contributed by atoms with Crippen LogP contribution in [0.2, 0.25) is 0 Å². The molecule has 0 aromatic rings. The summed E-state index contributed by atoms with van der Waals surface area (Å²) in [4.78, 5) is 0. The number of hydrogen-bond acceptors (Lipinski definition) is 1. The Hall–Kier alpha value is -0.0400.